The van der Waals surface area contributed by atoms with E-state index in [4.69, 9.17) is 21.1 Å². The first-order chi connectivity index (χ1) is 11.6. The predicted octanol–water partition coefficient (Wildman–Crippen LogP) is 4.17. The van der Waals surface area contributed by atoms with E-state index in [0.717, 1.165) is 17.7 Å². The summed E-state index contributed by atoms with van der Waals surface area (Å²) in [6.07, 6.45) is 0.963. The van der Waals surface area contributed by atoms with Gasteiger partial charge < -0.3 is 14.4 Å². The number of amides is 1. The average molecular weight is 348 g/mol. The zero-order valence-electron chi connectivity index (χ0n) is 14.0. The molecule has 0 atom stereocenters. The summed E-state index contributed by atoms with van der Waals surface area (Å²) in [6.45, 7) is 3.18. The molecular formula is C19H22ClNO3. The molecule has 0 saturated heterocycles. The summed E-state index contributed by atoms with van der Waals surface area (Å²) in [5.74, 6) is 1.32. The quantitative estimate of drug-likeness (QED) is 0.719. The van der Waals surface area contributed by atoms with Gasteiger partial charge in [0.1, 0.15) is 11.5 Å². The van der Waals surface area contributed by atoms with Crippen LogP contribution in [0.4, 0.5) is 0 Å². The van der Waals surface area contributed by atoms with Crippen molar-refractivity contribution < 1.29 is 14.3 Å². The number of nitrogens with zero attached hydrogens (tertiary/aromatic N) is 1. The van der Waals surface area contributed by atoms with Gasteiger partial charge in [0.15, 0.2) is 6.61 Å². The number of hydrogen-bond donors (Lipinski definition) is 0. The smallest absolute Gasteiger partial charge is 0.260 e. The molecule has 0 saturated carbocycles. The van der Waals surface area contributed by atoms with Crippen LogP contribution in [0, 0.1) is 0 Å². The van der Waals surface area contributed by atoms with Crippen molar-refractivity contribution in [2.45, 2.75) is 19.9 Å². The van der Waals surface area contributed by atoms with Crippen LogP contribution in [-0.4, -0.2) is 31.1 Å². The fourth-order valence-electron chi connectivity index (χ4n) is 2.08. The van der Waals surface area contributed by atoms with Crippen LogP contribution in [0.25, 0.3) is 0 Å². The Balaban J connectivity index is 1.82. The Labute approximate surface area is 147 Å². The molecule has 4 nitrogen and oxygen atoms in total. The Morgan fingerprint density at radius 3 is 2.29 bits per heavy atom. The summed E-state index contributed by atoms with van der Waals surface area (Å²) >= 11 is 6.12. The van der Waals surface area contributed by atoms with Crippen molar-refractivity contribution in [1.82, 2.24) is 4.90 Å². The molecule has 2 aromatic rings. The number of ether oxygens (including phenoxy) is 2. The van der Waals surface area contributed by atoms with Crippen LogP contribution < -0.4 is 9.47 Å². The average Bonchev–Trinajstić information content (AvgIpc) is 2.60. The van der Waals surface area contributed by atoms with Gasteiger partial charge in [-0.25, -0.2) is 0 Å². The molecule has 0 aliphatic rings. The van der Waals surface area contributed by atoms with Gasteiger partial charge in [-0.05, 0) is 42.3 Å². The van der Waals surface area contributed by atoms with Gasteiger partial charge in [0.25, 0.3) is 5.91 Å². The highest BCUT2D eigenvalue weighted by molar-refractivity contribution is 6.31. The van der Waals surface area contributed by atoms with Gasteiger partial charge in [-0.3, -0.25) is 4.79 Å². The Bertz CT molecular complexity index is 658. The molecule has 5 heteroatoms. The first kappa shape index (κ1) is 18.1. The second-order valence-electron chi connectivity index (χ2n) is 5.45. The van der Waals surface area contributed by atoms with Crippen molar-refractivity contribution in [2.75, 3.05) is 20.3 Å². The lowest BCUT2D eigenvalue weighted by Crippen LogP contribution is -2.31. The minimum absolute atomic E-state index is 0.0177. The Hall–Kier alpha value is -2.20. The highest BCUT2D eigenvalue weighted by Crippen LogP contribution is 2.19. The fourth-order valence-corrected chi connectivity index (χ4v) is 2.27. The Morgan fingerprint density at radius 1 is 1.04 bits per heavy atom. The van der Waals surface area contributed by atoms with Crippen LogP contribution in [0.1, 0.15) is 18.9 Å². The molecule has 0 N–H and O–H groups in total. The van der Waals surface area contributed by atoms with E-state index in [2.05, 4.69) is 6.92 Å². The summed E-state index contributed by atoms with van der Waals surface area (Å²) in [5.41, 5.74) is 0.910. The Kier molecular flexibility index (Phi) is 6.94. The van der Waals surface area contributed by atoms with E-state index in [0.29, 0.717) is 23.9 Å². The van der Waals surface area contributed by atoms with Crippen molar-refractivity contribution in [3.63, 3.8) is 0 Å². The zero-order valence-corrected chi connectivity index (χ0v) is 14.8. The van der Waals surface area contributed by atoms with Crippen molar-refractivity contribution in [3.8, 4) is 11.5 Å². The number of halogens is 1. The summed E-state index contributed by atoms with van der Waals surface area (Å²) < 4.78 is 11.0. The molecule has 0 aliphatic heterocycles. The topological polar surface area (TPSA) is 38.8 Å². The van der Waals surface area contributed by atoms with Crippen molar-refractivity contribution >= 4 is 17.5 Å². The van der Waals surface area contributed by atoms with Gasteiger partial charge >= 0.3 is 0 Å². The third-order valence-corrected chi connectivity index (χ3v) is 3.82. The highest BCUT2D eigenvalue weighted by atomic mass is 35.5. The maximum atomic E-state index is 12.2. The molecule has 0 aliphatic carbocycles. The SMILES string of the molecule is CCCOc1ccc(OCC(=O)N(C)Cc2ccccc2Cl)cc1. The predicted molar refractivity (Wildman–Crippen MR) is 95.6 cm³/mol. The molecule has 0 spiro atoms. The number of carbonyl (C=O) groups is 1. The summed E-state index contributed by atoms with van der Waals surface area (Å²) in [7, 11) is 1.73. The maximum absolute atomic E-state index is 12.2. The van der Waals surface area contributed by atoms with E-state index in [1.54, 1.807) is 24.1 Å². The maximum Gasteiger partial charge on any atom is 0.260 e. The zero-order chi connectivity index (χ0) is 17.4. The second kappa shape index (κ2) is 9.18. The number of carbonyl (C=O) groups excluding carboxylic acids is 1. The first-order valence-corrected chi connectivity index (χ1v) is 8.31. The second-order valence-corrected chi connectivity index (χ2v) is 5.86. The lowest BCUT2D eigenvalue weighted by atomic mass is 10.2. The van der Waals surface area contributed by atoms with Crippen LogP contribution in [-0.2, 0) is 11.3 Å². The number of likely N-dealkylation sites (N-methyl/N-ethyl adjacent to an activating group) is 1. The largest absolute Gasteiger partial charge is 0.494 e. The number of hydrogen-bond acceptors (Lipinski definition) is 3. The number of rotatable bonds is 8. The van der Waals surface area contributed by atoms with E-state index < -0.39 is 0 Å². The van der Waals surface area contributed by atoms with Gasteiger partial charge in [-0.1, -0.05) is 36.7 Å². The van der Waals surface area contributed by atoms with Crippen LogP contribution in [0.2, 0.25) is 5.02 Å². The summed E-state index contributed by atoms with van der Waals surface area (Å²) in [6, 6.07) is 14.8. The van der Waals surface area contributed by atoms with Gasteiger partial charge in [-0.15, -0.1) is 0 Å². The molecule has 0 heterocycles. The van der Waals surface area contributed by atoms with Crippen molar-refractivity contribution in [3.05, 3.63) is 59.1 Å². The van der Waals surface area contributed by atoms with Gasteiger partial charge in [0, 0.05) is 18.6 Å². The molecule has 0 unspecified atom stereocenters. The standard InChI is InChI=1S/C19H22ClNO3/c1-3-12-23-16-8-10-17(11-9-16)24-14-19(22)21(2)13-15-6-4-5-7-18(15)20/h4-11H,3,12-14H2,1-2H3. The minimum atomic E-state index is -0.110. The Morgan fingerprint density at radius 2 is 1.67 bits per heavy atom. The molecule has 0 fully saturated rings. The third-order valence-electron chi connectivity index (χ3n) is 3.45. The molecule has 128 valence electrons. The molecule has 0 aromatic heterocycles. The van der Waals surface area contributed by atoms with Gasteiger partial charge in [-0.2, -0.15) is 0 Å². The molecule has 0 radical (unpaired) electrons. The van der Waals surface area contributed by atoms with Crippen molar-refractivity contribution in [2.24, 2.45) is 0 Å². The van der Waals surface area contributed by atoms with Crippen LogP contribution in [0.5, 0.6) is 11.5 Å². The van der Waals surface area contributed by atoms with Gasteiger partial charge in [0.2, 0.25) is 0 Å². The van der Waals surface area contributed by atoms with Gasteiger partial charge in [0.05, 0.1) is 6.61 Å². The molecule has 2 aromatic carbocycles. The molecule has 1 amide bonds. The van der Waals surface area contributed by atoms with E-state index in [1.807, 2.05) is 36.4 Å². The van der Waals surface area contributed by atoms with Crippen molar-refractivity contribution in [1.29, 1.82) is 0 Å². The number of benzene rings is 2. The lowest BCUT2D eigenvalue weighted by Gasteiger charge is -2.18. The summed E-state index contributed by atoms with van der Waals surface area (Å²) in [4.78, 5) is 13.8. The molecule has 2 rings (SSSR count). The molecule has 24 heavy (non-hydrogen) atoms. The monoisotopic (exact) mass is 347 g/mol. The van der Waals surface area contributed by atoms with E-state index in [1.165, 1.54) is 0 Å². The van der Waals surface area contributed by atoms with E-state index in [-0.39, 0.29) is 12.5 Å². The first-order valence-electron chi connectivity index (χ1n) is 7.93. The van der Waals surface area contributed by atoms with E-state index >= 15 is 0 Å². The lowest BCUT2D eigenvalue weighted by molar-refractivity contribution is -0.132. The fraction of sp³-hybridized carbons (Fsp3) is 0.316. The minimum Gasteiger partial charge on any atom is -0.494 e. The van der Waals surface area contributed by atoms with Crippen LogP contribution in [0.15, 0.2) is 48.5 Å². The van der Waals surface area contributed by atoms with Crippen LogP contribution in [0.3, 0.4) is 0 Å². The molecular weight excluding hydrogens is 326 g/mol. The van der Waals surface area contributed by atoms with E-state index in [9.17, 15) is 4.79 Å². The van der Waals surface area contributed by atoms with Crippen LogP contribution >= 0.6 is 11.6 Å². The molecule has 0 bridgehead atoms. The normalized spacial score (nSPS) is 10.3. The summed E-state index contributed by atoms with van der Waals surface area (Å²) in [5, 5.41) is 0.653. The third kappa shape index (κ3) is 5.46. The highest BCUT2D eigenvalue weighted by Gasteiger charge is 2.11.